The molecule has 3 aromatic rings. The van der Waals surface area contributed by atoms with E-state index in [1.165, 1.54) is 25.3 Å². The van der Waals surface area contributed by atoms with Gasteiger partial charge in [-0.1, -0.05) is 30.3 Å². The highest BCUT2D eigenvalue weighted by molar-refractivity contribution is 6.45. The van der Waals surface area contributed by atoms with E-state index in [9.17, 15) is 14.0 Å². The number of piperazine rings is 1. The van der Waals surface area contributed by atoms with Gasteiger partial charge in [-0.2, -0.15) is 0 Å². The van der Waals surface area contributed by atoms with E-state index < -0.39 is 17.6 Å². The molecule has 2 aliphatic rings. The molecule has 2 aromatic carbocycles. The lowest BCUT2D eigenvalue weighted by Gasteiger charge is -2.37. The molecule has 0 radical (unpaired) electrons. The second kappa shape index (κ2) is 8.97. The van der Waals surface area contributed by atoms with Crippen LogP contribution in [0, 0.1) is 5.82 Å². The van der Waals surface area contributed by atoms with E-state index in [1.807, 2.05) is 23.1 Å². The first-order chi connectivity index (χ1) is 16.6. The topological polar surface area (TPSA) is 66.0 Å². The molecule has 0 N–H and O–H groups in total. The lowest BCUT2D eigenvalue weighted by molar-refractivity contribution is -0.120. The largest absolute Gasteiger partial charge is 0.496 e. The average Bonchev–Trinajstić information content (AvgIpc) is 3.14. The number of hydrogen-bond donors (Lipinski definition) is 0. The molecule has 0 saturated carbocycles. The van der Waals surface area contributed by atoms with Crippen molar-refractivity contribution >= 4 is 28.9 Å². The molecule has 5 rings (SSSR count). The molecule has 2 amide bonds. The Hall–Kier alpha value is -4.20. The summed E-state index contributed by atoms with van der Waals surface area (Å²) in [6.45, 7) is 2.34. The molecular weight excluding hydrogens is 435 g/mol. The molecule has 1 saturated heterocycles. The van der Waals surface area contributed by atoms with Gasteiger partial charge in [-0.25, -0.2) is 14.3 Å². The van der Waals surface area contributed by atoms with Crippen LogP contribution in [0.15, 0.2) is 78.6 Å². The van der Waals surface area contributed by atoms with Crippen LogP contribution < -0.4 is 14.5 Å². The van der Waals surface area contributed by atoms with Gasteiger partial charge in [-0.05, 0) is 36.4 Å². The minimum absolute atomic E-state index is 0.199. The van der Waals surface area contributed by atoms with Gasteiger partial charge in [0.05, 0.1) is 18.4 Å². The standard InChI is InChI=1S/C26H23FN4O3/c1-34-21-10-3-2-9-20(21)23-24(26(33)31(25(23)32)19-8-6-7-18(27)17-19)30-15-13-29(14-16-30)22-11-4-5-12-28-22/h2-12,17H,13-16H2,1H3. The second-order valence-corrected chi connectivity index (χ2v) is 8.01. The first-order valence-electron chi connectivity index (χ1n) is 11.0. The number of imide groups is 1. The number of para-hydroxylation sites is 1. The molecule has 1 aromatic heterocycles. The SMILES string of the molecule is COc1ccccc1C1=C(N2CCN(c3ccccn3)CC2)C(=O)N(c2cccc(F)c2)C1=O. The summed E-state index contributed by atoms with van der Waals surface area (Å²) in [4.78, 5) is 36.9. The number of nitrogens with zero attached hydrogens (tertiary/aromatic N) is 4. The van der Waals surface area contributed by atoms with Gasteiger partial charge >= 0.3 is 0 Å². The lowest BCUT2D eigenvalue weighted by Crippen LogP contribution is -2.48. The van der Waals surface area contributed by atoms with Crippen molar-refractivity contribution in [1.29, 1.82) is 0 Å². The van der Waals surface area contributed by atoms with Gasteiger partial charge in [0.1, 0.15) is 23.1 Å². The van der Waals surface area contributed by atoms with Crippen LogP contribution in [0.1, 0.15) is 5.56 Å². The molecule has 172 valence electrons. The zero-order valence-corrected chi connectivity index (χ0v) is 18.6. The molecule has 7 nitrogen and oxygen atoms in total. The molecule has 0 atom stereocenters. The summed E-state index contributed by atoms with van der Waals surface area (Å²) >= 11 is 0. The van der Waals surface area contributed by atoms with Crippen LogP contribution in [-0.2, 0) is 9.59 Å². The number of rotatable bonds is 5. The van der Waals surface area contributed by atoms with Crippen molar-refractivity contribution in [2.24, 2.45) is 0 Å². The Bertz CT molecular complexity index is 1270. The normalized spacial score (nSPS) is 16.5. The van der Waals surface area contributed by atoms with Crippen LogP contribution in [0.3, 0.4) is 0 Å². The van der Waals surface area contributed by atoms with E-state index in [0.717, 1.165) is 10.7 Å². The van der Waals surface area contributed by atoms with E-state index in [0.29, 0.717) is 43.2 Å². The zero-order chi connectivity index (χ0) is 23.7. The summed E-state index contributed by atoms with van der Waals surface area (Å²) in [5.41, 5.74) is 1.30. The van der Waals surface area contributed by atoms with E-state index >= 15 is 0 Å². The number of hydrogen-bond acceptors (Lipinski definition) is 6. The van der Waals surface area contributed by atoms with E-state index in [2.05, 4.69) is 9.88 Å². The second-order valence-electron chi connectivity index (χ2n) is 8.01. The van der Waals surface area contributed by atoms with Crippen LogP contribution in [0.5, 0.6) is 5.75 Å². The van der Waals surface area contributed by atoms with Crippen molar-refractivity contribution in [3.8, 4) is 5.75 Å². The maximum absolute atomic E-state index is 14.0. The summed E-state index contributed by atoms with van der Waals surface area (Å²) in [5.74, 6) is -0.125. The fourth-order valence-electron chi connectivity index (χ4n) is 4.46. The number of carbonyl (C=O) groups excluding carboxylic acids is 2. The Morgan fingerprint density at radius 2 is 1.59 bits per heavy atom. The van der Waals surface area contributed by atoms with Gasteiger partial charge in [0.2, 0.25) is 0 Å². The summed E-state index contributed by atoms with van der Waals surface area (Å²) < 4.78 is 19.5. The van der Waals surface area contributed by atoms with Crippen LogP contribution in [0.2, 0.25) is 0 Å². The number of benzene rings is 2. The number of anilines is 2. The number of ether oxygens (including phenoxy) is 1. The van der Waals surface area contributed by atoms with Gasteiger partial charge in [-0.3, -0.25) is 9.59 Å². The Morgan fingerprint density at radius 3 is 2.29 bits per heavy atom. The first kappa shape index (κ1) is 21.6. The van der Waals surface area contributed by atoms with Crippen molar-refractivity contribution in [2.75, 3.05) is 43.1 Å². The highest BCUT2D eigenvalue weighted by atomic mass is 19.1. The van der Waals surface area contributed by atoms with Crippen molar-refractivity contribution in [3.05, 3.63) is 90.0 Å². The minimum Gasteiger partial charge on any atom is -0.496 e. The molecule has 1 fully saturated rings. The molecule has 8 heteroatoms. The van der Waals surface area contributed by atoms with Gasteiger partial charge in [0.15, 0.2) is 0 Å². The van der Waals surface area contributed by atoms with Crippen molar-refractivity contribution in [2.45, 2.75) is 0 Å². The Labute approximate surface area is 196 Å². The third kappa shape index (κ3) is 3.77. The zero-order valence-electron chi connectivity index (χ0n) is 18.6. The maximum Gasteiger partial charge on any atom is 0.282 e. The molecule has 0 spiro atoms. The fourth-order valence-corrected chi connectivity index (χ4v) is 4.46. The third-order valence-electron chi connectivity index (χ3n) is 6.07. The van der Waals surface area contributed by atoms with E-state index in [4.69, 9.17) is 4.74 Å². The van der Waals surface area contributed by atoms with Gasteiger partial charge < -0.3 is 14.5 Å². The van der Waals surface area contributed by atoms with E-state index in [-0.39, 0.29) is 11.3 Å². The number of halogens is 1. The molecule has 0 unspecified atom stereocenters. The smallest absolute Gasteiger partial charge is 0.282 e. The highest BCUT2D eigenvalue weighted by Crippen LogP contribution is 2.38. The summed E-state index contributed by atoms with van der Waals surface area (Å²) in [6, 6.07) is 18.4. The molecule has 0 aliphatic carbocycles. The molecular formula is C26H23FN4O3. The monoisotopic (exact) mass is 458 g/mol. The highest BCUT2D eigenvalue weighted by Gasteiger charge is 2.44. The molecule has 0 bridgehead atoms. The maximum atomic E-state index is 14.0. The predicted molar refractivity (Wildman–Crippen MR) is 127 cm³/mol. The van der Waals surface area contributed by atoms with Crippen LogP contribution in [-0.4, -0.2) is 55.0 Å². The van der Waals surface area contributed by atoms with Crippen molar-refractivity contribution in [3.63, 3.8) is 0 Å². The van der Waals surface area contributed by atoms with Gasteiger partial charge in [-0.15, -0.1) is 0 Å². The molecule has 34 heavy (non-hydrogen) atoms. The van der Waals surface area contributed by atoms with Gasteiger partial charge in [0, 0.05) is 37.9 Å². The number of carbonyl (C=O) groups is 2. The number of pyridine rings is 1. The van der Waals surface area contributed by atoms with Crippen LogP contribution >= 0.6 is 0 Å². The number of methoxy groups -OCH3 is 1. The Morgan fingerprint density at radius 1 is 0.853 bits per heavy atom. The minimum atomic E-state index is -0.519. The van der Waals surface area contributed by atoms with Crippen molar-refractivity contribution < 1.29 is 18.7 Å². The Kier molecular flexibility index (Phi) is 5.71. The molecule has 3 heterocycles. The number of amides is 2. The number of aromatic nitrogens is 1. The van der Waals surface area contributed by atoms with Crippen LogP contribution in [0.4, 0.5) is 15.9 Å². The average molecular weight is 458 g/mol. The van der Waals surface area contributed by atoms with E-state index in [1.54, 1.807) is 36.5 Å². The summed E-state index contributed by atoms with van der Waals surface area (Å²) in [7, 11) is 1.52. The van der Waals surface area contributed by atoms with Crippen molar-refractivity contribution in [1.82, 2.24) is 9.88 Å². The third-order valence-corrected chi connectivity index (χ3v) is 6.07. The summed E-state index contributed by atoms with van der Waals surface area (Å²) in [6.07, 6.45) is 1.75. The van der Waals surface area contributed by atoms with Gasteiger partial charge in [0.25, 0.3) is 11.8 Å². The fraction of sp³-hybridized carbons (Fsp3) is 0.192. The molecule has 2 aliphatic heterocycles. The van der Waals surface area contributed by atoms with Crippen LogP contribution in [0.25, 0.3) is 5.57 Å². The summed E-state index contributed by atoms with van der Waals surface area (Å²) in [5, 5.41) is 0. The quantitative estimate of drug-likeness (QED) is 0.547. The Balaban J connectivity index is 1.54. The lowest BCUT2D eigenvalue weighted by atomic mass is 10.0. The first-order valence-corrected chi connectivity index (χ1v) is 11.0. The predicted octanol–water partition coefficient (Wildman–Crippen LogP) is 3.34.